The largest absolute Gasteiger partial charge is 0.461 e. The van der Waals surface area contributed by atoms with Crippen LogP contribution >= 0.6 is 0 Å². The maximum Gasteiger partial charge on any atom is 0.302 e. The van der Waals surface area contributed by atoms with Crippen molar-refractivity contribution in [3.05, 3.63) is 29.6 Å². The summed E-state index contributed by atoms with van der Waals surface area (Å²) in [6.45, 7) is 1.17. The highest BCUT2D eigenvalue weighted by atomic mass is 32.2. The van der Waals surface area contributed by atoms with E-state index in [1.807, 2.05) is 0 Å². The van der Waals surface area contributed by atoms with Crippen molar-refractivity contribution in [2.24, 2.45) is 0 Å². The molecule has 0 aliphatic carbocycles. The second kappa shape index (κ2) is 4.61. The number of carbonyl (C=O) groups excluding carboxylic acids is 1. The zero-order valence-electron chi connectivity index (χ0n) is 8.86. The summed E-state index contributed by atoms with van der Waals surface area (Å²) in [4.78, 5) is 10.2. The minimum absolute atomic E-state index is 0.0713. The minimum atomic E-state index is -3.61. The van der Waals surface area contributed by atoms with Crippen molar-refractivity contribution < 1.29 is 22.3 Å². The van der Waals surface area contributed by atoms with Crippen LogP contribution in [0.25, 0.3) is 0 Å². The molecular weight excluding hydrogens is 235 g/mol. The van der Waals surface area contributed by atoms with Crippen molar-refractivity contribution >= 4 is 15.8 Å². The summed E-state index contributed by atoms with van der Waals surface area (Å²) in [6.07, 6.45) is 0.918. The van der Waals surface area contributed by atoms with Gasteiger partial charge in [-0.3, -0.25) is 4.79 Å². The Morgan fingerprint density at radius 1 is 1.44 bits per heavy atom. The Labute approximate surface area is 93.0 Å². The van der Waals surface area contributed by atoms with Gasteiger partial charge < -0.3 is 4.74 Å². The third kappa shape index (κ3) is 3.30. The van der Waals surface area contributed by atoms with Crippen LogP contribution in [0.2, 0.25) is 0 Å². The number of esters is 1. The molecule has 0 radical (unpaired) electrons. The average molecular weight is 246 g/mol. The fourth-order valence-electron chi connectivity index (χ4n) is 1.11. The van der Waals surface area contributed by atoms with Crippen LogP contribution in [-0.4, -0.2) is 20.6 Å². The SMILES string of the molecule is CC(=O)OCc1ccc(F)c(S(C)(=O)=O)c1. The summed E-state index contributed by atoms with van der Waals surface area (Å²) in [5.74, 6) is -1.29. The third-order valence-corrected chi connectivity index (χ3v) is 2.95. The van der Waals surface area contributed by atoms with Gasteiger partial charge in [0.2, 0.25) is 0 Å². The zero-order chi connectivity index (χ0) is 12.3. The van der Waals surface area contributed by atoms with Crippen LogP contribution in [0.15, 0.2) is 23.1 Å². The Kier molecular flexibility index (Phi) is 3.64. The number of sulfone groups is 1. The Hall–Kier alpha value is -1.43. The van der Waals surface area contributed by atoms with Crippen LogP contribution in [0.3, 0.4) is 0 Å². The molecule has 1 aromatic carbocycles. The molecule has 0 fully saturated rings. The summed E-state index contributed by atoms with van der Waals surface area (Å²) in [6, 6.07) is 3.57. The Balaban J connectivity index is 3.04. The first kappa shape index (κ1) is 12.6. The predicted octanol–water partition coefficient (Wildman–Crippen LogP) is 1.29. The summed E-state index contributed by atoms with van der Waals surface area (Å²) < 4.78 is 40.2. The van der Waals surface area contributed by atoms with E-state index in [2.05, 4.69) is 4.74 Å². The second-order valence-corrected chi connectivity index (χ2v) is 5.30. The fraction of sp³-hybridized carbons (Fsp3) is 0.300. The van der Waals surface area contributed by atoms with Crippen molar-refractivity contribution in [3.8, 4) is 0 Å². The van der Waals surface area contributed by atoms with Gasteiger partial charge in [0.25, 0.3) is 0 Å². The molecule has 6 heteroatoms. The van der Waals surface area contributed by atoms with E-state index in [-0.39, 0.29) is 6.61 Å². The summed E-state index contributed by atoms with van der Waals surface area (Å²) in [5, 5.41) is 0. The van der Waals surface area contributed by atoms with E-state index >= 15 is 0 Å². The van der Waals surface area contributed by atoms with E-state index in [9.17, 15) is 17.6 Å². The van der Waals surface area contributed by atoms with Gasteiger partial charge in [-0.25, -0.2) is 12.8 Å². The van der Waals surface area contributed by atoms with Gasteiger partial charge in [-0.05, 0) is 17.7 Å². The van der Waals surface area contributed by atoms with E-state index < -0.39 is 26.5 Å². The maximum absolute atomic E-state index is 13.2. The van der Waals surface area contributed by atoms with Gasteiger partial charge in [-0.2, -0.15) is 0 Å². The van der Waals surface area contributed by atoms with Crippen molar-refractivity contribution in [2.75, 3.05) is 6.26 Å². The molecule has 0 bridgehead atoms. The van der Waals surface area contributed by atoms with Crippen LogP contribution in [0.5, 0.6) is 0 Å². The molecule has 0 aromatic heterocycles. The van der Waals surface area contributed by atoms with Crippen LogP contribution in [-0.2, 0) is 26.0 Å². The summed E-state index contributed by atoms with van der Waals surface area (Å²) >= 11 is 0. The first-order chi connectivity index (χ1) is 7.30. The van der Waals surface area contributed by atoms with Crippen molar-refractivity contribution in [1.82, 2.24) is 0 Å². The van der Waals surface area contributed by atoms with E-state index in [1.54, 1.807) is 0 Å². The number of halogens is 1. The Bertz CT molecular complexity index is 508. The molecule has 0 N–H and O–H groups in total. The predicted molar refractivity (Wildman–Crippen MR) is 55.0 cm³/mol. The first-order valence-corrected chi connectivity index (χ1v) is 6.31. The lowest BCUT2D eigenvalue weighted by Crippen LogP contribution is -2.04. The molecule has 0 spiro atoms. The third-order valence-electron chi connectivity index (χ3n) is 1.84. The number of rotatable bonds is 3. The van der Waals surface area contributed by atoms with Gasteiger partial charge in [0.1, 0.15) is 17.3 Å². The molecule has 0 unspecified atom stereocenters. The lowest BCUT2D eigenvalue weighted by molar-refractivity contribution is -0.142. The highest BCUT2D eigenvalue weighted by molar-refractivity contribution is 7.90. The highest BCUT2D eigenvalue weighted by Gasteiger charge is 2.14. The molecule has 0 aliphatic rings. The number of benzene rings is 1. The van der Waals surface area contributed by atoms with Crippen LogP contribution in [0.1, 0.15) is 12.5 Å². The van der Waals surface area contributed by atoms with Gasteiger partial charge in [0.05, 0.1) is 0 Å². The molecule has 16 heavy (non-hydrogen) atoms. The Morgan fingerprint density at radius 2 is 2.06 bits per heavy atom. The second-order valence-electron chi connectivity index (χ2n) is 3.32. The molecule has 0 amide bonds. The quantitative estimate of drug-likeness (QED) is 0.754. The molecule has 88 valence electrons. The standard InChI is InChI=1S/C10H11FO4S/c1-7(12)15-6-8-3-4-9(11)10(5-8)16(2,13)14/h3-5H,6H2,1-2H3. The number of ether oxygens (including phenoxy) is 1. The molecular formula is C10H11FO4S. The van der Waals surface area contributed by atoms with Gasteiger partial charge in [-0.1, -0.05) is 6.07 Å². The summed E-state index contributed by atoms with van der Waals surface area (Å²) in [7, 11) is -3.61. The van der Waals surface area contributed by atoms with Crippen molar-refractivity contribution in [3.63, 3.8) is 0 Å². The highest BCUT2D eigenvalue weighted by Crippen LogP contribution is 2.16. The van der Waals surface area contributed by atoms with E-state index in [0.717, 1.165) is 18.4 Å². The minimum Gasteiger partial charge on any atom is -0.461 e. The molecule has 0 saturated carbocycles. The molecule has 1 rings (SSSR count). The molecule has 0 saturated heterocycles. The lowest BCUT2D eigenvalue weighted by Gasteiger charge is -2.05. The Morgan fingerprint density at radius 3 is 2.56 bits per heavy atom. The van der Waals surface area contributed by atoms with E-state index in [0.29, 0.717) is 5.56 Å². The van der Waals surface area contributed by atoms with Gasteiger partial charge in [0.15, 0.2) is 9.84 Å². The normalized spacial score (nSPS) is 11.2. The van der Waals surface area contributed by atoms with Crippen molar-refractivity contribution in [1.29, 1.82) is 0 Å². The monoisotopic (exact) mass is 246 g/mol. The first-order valence-electron chi connectivity index (χ1n) is 4.42. The van der Waals surface area contributed by atoms with Crippen LogP contribution in [0.4, 0.5) is 4.39 Å². The average Bonchev–Trinajstić information content (AvgIpc) is 2.14. The lowest BCUT2D eigenvalue weighted by atomic mass is 10.2. The molecule has 0 heterocycles. The zero-order valence-corrected chi connectivity index (χ0v) is 9.67. The molecule has 0 atom stereocenters. The van der Waals surface area contributed by atoms with Gasteiger partial charge in [-0.15, -0.1) is 0 Å². The van der Waals surface area contributed by atoms with Gasteiger partial charge >= 0.3 is 5.97 Å². The number of carbonyl (C=O) groups is 1. The van der Waals surface area contributed by atoms with Gasteiger partial charge in [0, 0.05) is 13.2 Å². The maximum atomic E-state index is 13.2. The number of hydrogen-bond acceptors (Lipinski definition) is 4. The smallest absolute Gasteiger partial charge is 0.302 e. The van der Waals surface area contributed by atoms with Crippen LogP contribution < -0.4 is 0 Å². The molecule has 0 aliphatic heterocycles. The summed E-state index contributed by atoms with van der Waals surface area (Å²) in [5.41, 5.74) is 0.428. The van der Waals surface area contributed by atoms with E-state index in [1.165, 1.54) is 13.0 Å². The van der Waals surface area contributed by atoms with Crippen molar-refractivity contribution in [2.45, 2.75) is 18.4 Å². The number of hydrogen-bond donors (Lipinski definition) is 0. The topological polar surface area (TPSA) is 60.4 Å². The molecule has 4 nitrogen and oxygen atoms in total. The fourth-order valence-corrected chi connectivity index (χ4v) is 1.89. The van der Waals surface area contributed by atoms with Crippen LogP contribution in [0, 0.1) is 5.82 Å². The van der Waals surface area contributed by atoms with E-state index in [4.69, 9.17) is 0 Å². The molecule has 1 aromatic rings.